The van der Waals surface area contributed by atoms with Crippen LogP contribution in [0.5, 0.6) is 0 Å². The maximum atomic E-state index is 5.22. The highest BCUT2D eigenvalue weighted by atomic mass is 15.1. The Labute approximate surface area is 82.8 Å². The first-order chi connectivity index (χ1) is 5.87. The molecule has 0 aliphatic rings. The Bertz CT molecular complexity index is 202. The number of nitrogens with zero attached hydrogens (tertiary/aromatic N) is 1. The summed E-state index contributed by atoms with van der Waals surface area (Å²) in [6.45, 7) is 11.4. The van der Waals surface area contributed by atoms with Crippen LogP contribution < -0.4 is 0 Å². The van der Waals surface area contributed by atoms with E-state index in [2.05, 4.69) is 33.3 Å². The monoisotopic (exact) mass is 179 g/mol. The van der Waals surface area contributed by atoms with Crippen molar-refractivity contribution in [2.75, 3.05) is 13.6 Å². The summed E-state index contributed by atoms with van der Waals surface area (Å²) in [6, 6.07) is 0. The van der Waals surface area contributed by atoms with Crippen molar-refractivity contribution in [3.05, 3.63) is 12.3 Å². The zero-order valence-corrected chi connectivity index (χ0v) is 9.35. The first-order valence-electron chi connectivity index (χ1n) is 4.69. The quantitative estimate of drug-likeness (QED) is 0.600. The molecule has 1 heteroatoms. The van der Waals surface area contributed by atoms with Crippen LogP contribution in [0.3, 0.4) is 0 Å². The van der Waals surface area contributed by atoms with E-state index in [0.717, 1.165) is 18.5 Å². The SMILES string of the molecule is C#CCN(C)C(=C)CCC(C)(C)C. The Balaban J connectivity index is 3.83. The van der Waals surface area contributed by atoms with Gasteiger partial charge in [0.15, 0.2) is 0 Å². The molecule has 0 aromatic rings. The van der Waals surface area contributed by atoms with Gasteiger partial charge in [-0.15, -0.1) is 6.42 Å². The Morgan fingerprint density at radius 2 is 2.00 bits per heavy atom. The van der Waals surface area contributed by atoms with E-state index in [4.69, 9.17) is 6.42 Å². The lowest BCUT2D eigenvalue weighted by Gasteiger charge is -2.23. The molecule has 0 saturated carbocycles. The third-order valence-electron chi connectivity index (χ3n) is 2.03. The normalized spacial score (nSPS) is 10.7. The molecular weight excluding hydrogens is 158 g/mol. The van der Waals surface area contributed by atoms with Gasteiger partial charge in [-0.2, -0.15) is 0 Å². The van der Waals surface area contributed by atoms with Crippen LogP contribution in [0.1, 0.15) is 33.6 Å². The number of hydrogen-bond acceptors (Lipinski definition) is 1. The molecule has 0 amide bonds. The highest BCUT2D eigenvalue weighted by Gasteiger charge is 2.11. The van der Waals surface area contributed by atoms with Crippen molar-refractivity contribution in [1.29, 1.82) is 0 Å². The Morgan fingerprint density at radius 3 is 2.38 bits per heavy atom. The third kappa shape index (κ3) is 6.28. The van der Waals surface area contributed by atoms with E-state index in [9.17, 15) is 0 Å². The fraction of sp³-hybridized carbons (Fsp3) is 0.667. The predicted molar refractivity (Wildman–Crippen MR) is 59.3 cm³/mol. The predicted octanol–water partition coefficient (Wildman–Crippen LogP) is 2.89. The standard InChI is InChI=1S/C12H21N/c1-7-10-13(6)11(2)8-9-12(3,4)5/h1H,2,8-10H2,3-6H3. The summed E-state index contributed by atoms with van der Waals surface area (Å²) in [5.41, 5.74) is 1.51. The van der Waals surface area contributed by atoms with Crippen LogP contribution in [0.15, 0.2) is 12.3 Å². The fourth-order valence-electron chi connectivity index (χ4n) is 0.959. The van der Waals surface area contributed by atoms with Gasteiger partial charge < -0.3 is 4.90 Å². The summed E-state index contributed by atoms with van der Waals surface area (Å²) in [7, 11) is 1.99. The van der Waals surface area contributed by atoms with E-state index in [1.807, 2.05) is 11.9 Å². The van der Waals surface area contributed by atoms with Gasteiger partial charge in [0.25, 0.3) is 0 Å². The average molecular weight is 179 g/mol. The highest BCUT2D eigenvalue weighted by molar-refractivity contribution is 4.99. The van der Waals surface area contributed by atoms with Crippen molar-refractivity contribution in [1.82, 2.24) is 4.90 Å². The molecule has 0 aliphatic carbocycles. The second-order valence-corrected chi connectivity index (χ2v) is 4.69. The van der Waals surface area contributed by atoms with E-state index in [-0.39, 0.29) is 0 Å². The van der Waals surface area contributed by atoms with E-state index >= 15 is 0 Å². The molecule has 0 aromatic heterocycles. The zero-order chi connectivity index (χ0) is 10.5. The van der Waals surface area contributed by atoms with Crippen LogP contribution >= 0.6 is 0 Å². The van der Waals surface area contributed by atoms with Crippen molar-refractivity contribution in [2.24, 2.45) is 5.41 Å². The van der Waals surface area contributed by atoms with Gasteiger partial charge in [0.2, 0.25) is 0 Å². The van der Waals surface area contributed by atoms with Crippen LogP contribution in [0.25, 0.3) is 0 Å². The van der Waals surface area contributed by atoms with E-state index in [1.54, 1.807) is 0 Å². The topological polar surface area (TPSA) is 3.24 Å². The second-order valence-electron chi connectivity index (χ2n) is 4.69. The van der Waals surface area contributed by atoms with Crippen molar-refractivity contribution in [3.8, 4) is 12.3 Å². The minimum Gasteiger partial charge on any atom is -0.367 e. The van der Waals surface area contributed by atoms with Gasteiger partial charge in [-0.25, -0.2) is 0 Å². The van der Waals surface area contributed by atoms with Gasteiger partial charge in [0.1, 0.15) is 0 Å². The Morgan fingerprint density at radius 1 is 1.46 bits per heavy atom. The maximum absolute atomic E-state index is 5.22. The van der Waals surface area contributed by atoms with Crippen molar-refractivity contribution in [3.63, 3.8) is 0 Å². The molecule has 0 atom stereocenters. The minimum atomic E-state index is 0.375. The molecule has 1 nitrogen and oxygen atoms in total. The number of hydrogen-bond donors (Lipinski definition) is 0. The fourth-order valence-corrected chi connectivity index (χ4v) is 0.959. The lowest BCUT2D eigenvalue weighted by molar-refractivity contribution is 0.350. The summed E-state index contributed by atoms with van der Waals surface area (Å²) in [6.07, 6.45) is 7.40. The van der Waals surface area contributed by atoms with Crippen LogP contribution in [-0.4, -0.2) is 18.5 Å². The largest absolute Gasteiger partial charge is 0.367 e. The van der Waals surface area contributed by atoms with E-state index < -0.39 is 0 Å². The summed E-state index contributed by atoms with van der Waals surface area (Å²) in [5, 5.41) is 0. The second kappa shape index (κ2) is 4.97. The number of allylic oxidation sites excluding steroid dienone is 1. The van der Waals surface area contributed by atoms with Crippen LogP contribution in [-0.2, 0) is 0 Å². The van der Waals surface area contributed by atoms with Crippen molar-refractivity contribution in [2.45, 2.75) is 33.6 Å². The molecule has 0 fully saturated rings. The molecule has 0 unspecified atom stereocenters. The van der Waals surface area contributed by atoms with Gasteiger partial charge in [0.05, 0.1) is 6.54 Å². The third-order valence-corrected chi connectivity index (χ3v) is 2.03. The van der Waals surface area contributed by atoms with E-state index in [1.165, 1.54) is 0 Å². The molecule has 0 heterocycles. The Hall–Kier alpha value is -0.900. The maximum Gasteiger partial charge on any atom is 0.0785 e. The van der Waals surface area contributed by atoms with Crippen molar-refractivity contribution < 1.29 is 0 Å². The molecule has 0 aliphatic heterocycles. The molecule has 0 bridgehead atoms. The van der Waals surface area contributed by atoms with Gasteiger partial charge >= 0.3 is 0 Å². The molecule has 0 spiro atoms. The van der Waals surface area contributed by atoms with Gasteiger partial charge in [0, 0.05) is 12.7 Å². The van der Waals surface area contributed by atoms with Gasteiger partial charge in [-0.3, -0.25) is 0 Å². The van der Waals surface area contributed by atoms with E-state index in [0.29, 0.717) is 12.0 Å². The zero-order valence-electron chi connectivity index (χ0n) is 9.35. The molecule has 74 valence electrons. The molecule has 0 radical (unpaired) electrons. The van der Waals surface area contributed by atoms with Crippen LogP contribution in [0, 0.1) is 17.8 Å². The summed E-state index contributed by atoms with van der Waals surface area (Å²) < 4.78 is 0. The average Bonchev–Trinajstić information content (AvgIpc) is 1.99. The molecular formula is C12H21N. The number of rotatable bonds is 4. The van der Waals surface area contributed by atoms with Crippen LogP contribution in [0.2, 0.25) is 0 Å². The Kier molecular flexibility index (Phi) is 4.62. The molecule has 0 saturated heterocycles. The lowest BCUT2D eigenvalue weighted by Crippen LogP contribution is -2.18. The highest BCUT2D eigenvalue weighted by Crippen LogP contribution is 2.23. The lowest BCUT2D eigenvalue weighted by atomic mass is 9.90. The van der Waals surface area contributed by atoms with Gasteiger partial charge in [-0.05, 0) is 18.3 Å². The first kappa shape index (κ1) is 12.1. The molecule has 0 aromatic carbocycles. The summed E-state index contributed by atoms with van der Waals surface area (Å²) >= 11 is 0. The molecule has 0 rings (SSSR count). The number of terminal acetylenes is 1. The van der Waals surface area contributed by atoms with Crippen molar-refractivity contribution >= 4 is 0 Å². The summed E-state index contributed by atoms with van der Waals surface area (Å²) in [4.78, 5) is 2.03. The smallest absolute Gasteiger partial charge is 0.0785 e. The van der Waals surface area contributed by atoms with Crippen LogP contribution in [0.4, 0.5) is 0 Å². The van der Waals surface area contributed by atoms with Gasteiger partial charge in [-0.1, -0.05) is 33.3 Å². The summed E-state index contributed by atoms with van der Waals surface area (Å²) in [5.74, 6) is 2.61. The molecule has 13 heavy (non-hydrogen) atoms. The first-order valence-corrected chi connectivity index (χ1v) is 4.69. The molecule has 0 N–H and O–H groups in total. The minimum absolute atomic E-state index is 0.375.